The van der Waals surface area contributed by atoms with Crippen molar-refractivity contribution in [2.24, 2.45) is 5.73 Å². The van der Waals surface area contributed by atoms with E-state index in [0.29, 0.717) is 6.42 Å². The fraction of sp³-hybridized carbons (Fsp3) is 0.438. The lowest BCUT2D eigenvalue weighted by atomic mass is 10.1. The molecule has 0 saturated carbocycles. The lowest BCUT2D eigenvalue weighted by molar-refractivity contribution is -0.142. The summed E-state index contributed by atoms with van der Waals surface area (Å²) in [5.74, 6) is -0.377. The molecule has 0 saturated heterocycles. The molecule has 0 amide bonds. The van der Waals surface area contributed by atoms with Gasteiger partial charge in [0.1, 0.15) is 6.04 Å². The quantitative estimate of drug-likeness (QED) is 0.875. The molecule has 0 aliphatic rings. The Morgan fingerprint density at radius 1 is 1.35 bits per heavy atom. The fourth-order valence-electron chi connectivity index (χ4n) is 2.44. The number of carbonyl (C=O) groups is 1. The first-order valence-corrected chi connectivity index (χ1v) is 6.77. The predicted octanol–water partition coefficient (Wildman–Crippen LogP) is 2.44. The summed E-state index contributed by atoms with van der Waals surface area (Å²) in [6, 6.07) is 7.56. The second-order valence-electron chi connectivity index (χ2n) is 6.05. The number of hydrogen-bond donors (Lipinski definition) is 1. The van der Waals surface area contributed by atoms with Crippen LogP contribution in [-0.4, -0.2) is 23.7 Å². The van der Waals surface area contributed by atoms with Gasteiger partial charge in [-0.15, -0.1) is 0 Å². The van der Waals surface area contributed by atoms with Crippen LogP contribution < -0.4 is 5.73 Å². The van der Waals surface area contributed by atoms with Gasteiger partial charge in [-0.2, -0.15) is 0 Å². The maximum absolute atomic E-state index is 11.5. The first-order chi connectivity index (χ1) is 9.34. The van der Waals surface area contributed by atoms with Crippen LogP contribution in [0.4, 0.5) is 0 Å². The van der Waals surface area contributed by atoms with E-state index in [1.54, 1.807) is 0 Å². The Balaban J connectivity index is 2.47. The Labute approximate surface area is 119 Å². The number of benzene rings is 1. The zero-order valence-corrected chi connectivity index (χ0v) is 12.5. The number of nitrogens with two attached hydrogens (primary N) is 1. The van der Waals surface area contributed by atoms with E-state index >= 15 is 0 Å². The average molecular weight is 274 g/mol. The van der Waals surface area contributed by atoms with E-state index < -0.39 is 6.04 Å². The molecule has 4 heteroatoms. The molecule has 1 heterocycles. The van der Waals surface area contributed by atoms with Crippen molar-refractivity contribution in [2.45, 2.75) is 38.8 Å². The van der Waals surface area contributed by atoms with E-state index in [9.17, 15) is 4.79 Å². The summed E-state index contributed by atoms with van der Waals surface area (Å²) in [6.07, 6.45) is 2.57. The SMILES string of the molecule is COC(=O)[C@@H](N)Cc1cn(C(C)(C)C)c2ccccc12. The largest absolute Gasteiger partial charge is 0.468 e. The number of carbonyl (C=O) groups excluding carboxylic acids is 1. The van der Waals surface area contributed by atoms with Crippen molar-refractivity contribution in [3.8, 4) is 0 Å². The molecule has 0 aliphatic carbocycles. The summed E-state index contributed by atoms with van der Waals surface area (Å²) >= 11 is 0. The van der Waals surface area contributed by atoms with Crippen LogP contribution in [0, 0.1) is 0 Å². The van der Waals surface area contributed by atoms with Crippen molar-refractivity contribution >= 4 is 16.9 Å². The molecule has 0 fully saturated rings. The van der Waals surface area contributed by atoms with Gasteiger partial charge < -0.3 is 15.0 Å². The molecule has 2 N–H and O–H groups in total. The molecule has 0 unspecified atom stereocenters. The molecule has 1 atom stereocenters. The highest BCUT2D eigenvalue weighted by atomic mass is 16.5. The lowest BCUT2D eigenvalue weighted by Gasteiger charge is -2.22. The molecule has 0 spiro atoms. The number of hydrogen-bond acceptors (Lipinski definition) is 3. The summed E-state index contributed by atoms with van der Waals surface area (Å²) in [4.78, 5) is 11.5. The summed E-state index contributed by atoms with van der Waals surface area (Å²) in [6.45, 7) is 6.47. The number of ether oxygens (including phenoxy) is 1. The second-order valence-corrected chi connectivity index (χ2v) is 6.05. The second kappa shape index (κ2) is 5.29. The molecule has 2 rings (SSSR count). The molecule has 0 radical (unpaired) electrons. The van der Waals surface area contributed by atoms with Crippen LogP contribution >= 0.6 is 0 Å². The molecule has 2 aromatic rings. The zero-order chi connectivity index (χ0) is 14.9. The molecule has 1 aromatic carbocycles. The summed E-state index contributed by atoms with van der Waals surface area (Å²) in [7, 11) is 1.36. The van der Waals surface area contributed by atoms with Gasteiger partial charge in [0.15, 0.2) is 0 Å². The van der Waals surface area contributed by atoms with Crippen LogP contribution in [0.5, 0.6) is 0 Å². The van der Waals surface area contributed by atoms with Crippen molar-refractivity contribution in [2.75, 3.05) is 7.11 Å². The molecule has 4 nitrogen and oxygen atoms in total. The van der Waals surface area contributed by atoms with Crippen molar-refractivity contribution in [1.29, 1.82) is 0 Å². The number of rotatable bonds is 3. The number of esters is 1. The molecule has 1 aromatic heterocycles. The number of para-hydroxylation sites is 1. The summed E-state index contributed by atoms with van der Waals surface area (Å²) < 4.78 is 6.92. The van der Waals surface area contributed by atoms with Crippen LogP contribution in [0.3, 0.4) is 0 Å². The van der Waals surface area contributed by atoms with E-state index in [4.69, 9.17) is 10.5 Å². The maximum atomic E-state index is 11.5. The highest BCUT2D eigenvalue weighted by Gasteiger charge is 2.21. The monoisotopic (exact) mass is 274 g/mol. The Bertz CT molecular complexity index is 623. The topological polar surface area (TPSA) is 57.2 Å². The van der Waals surface area contributed by atoms with E-state index in [0.717, 1.165) is 16.5 Å². The molecule has 20 heavy (non-hydrogen) atoms. The van der Waals surface area contributed by atoms with Crippen LogP contribution in [-0.2, 0) is 21.5 Å². The lowest BCUT2D eigenvalue weighted by Crippen LogP contribution is -2.33. The van der Waals surface area contributed by atoms with E-state index in [2.05, 4.69) is 43.7 Å². The minimum Gasteiger partial charge on any atom is -0.468 e. The van der Waals surface area contributed by atoms with Crippen LogP contribution in [0.15, 0.2) is 30.5 Å². The summed E-state index contributed by atoms with van der Waals surface area (Å²) in [5.41, 5.74) is 8.10. The van der Waals surface area contributed by atoms with E-state index in [1.807, 2.05) is 12.1 Å². The van der Waals surface area contributed by atoms with Gasteiger partial charge in [-0.05, 0) is 32.4 Å². The first-order valence-electron chi connectivity index (χ1n) is 6.77. The normalized spacial score (nSPS) is 13.4. The van der Waals surface area contributed by atoms with Crippen molar-refractivity contribution in [3.63, 3.8) is 0 Å². The van der Waals surface area contributed by atoms with Gasteiger partial charge in [-0.3, -0.25) is 4.79 Å². The average Bonchev–Trinajstić information content (AvgIpc) is 2.77. The third kappa shape index (κ3) is 2.70. The Hall–Kier alpha value is -1.81. The van der Waals surface area contributed by atoms with Crippen molar-refractivity contribution < 1.29 is 9.53 Å². The van der Waals surface area contributed by atoms with Gasteiger partial charge in [-0.25, -0.2) is 0 Å². The Morgan fingerprint density at radius 3 is 2.60 bits per heavy atom. The van der Waals surface area contributed by atoms with E-state index in [-0.39, 0.29) is 11.5 Å². The van der Waals surface area contributed by atoms with Crippen molar-refractivity contribution in [1.82, 2.24) is 4.57 Å². The number of nitrogens with zero attached hydrogens (tertiary/aromatic N) is 1. The van der Waals surface area contributed by atoms with Gasteiger partial charge in [0, 0.05) is 29.1 Å². The van der Waals surface area contributed by atoms with Gasteiger partial charge in [0.2, 0.25) is 0 Å². The van der Waals surface area contributed by atoms with Crippen LogP contribution in [0.2, 0.25) is 0 Å². The molecule has 108 valence electrons. The molecular weight excluding hydrogens is 252 g/mol. The molecular formula is C16H22N2O2. The van der Waals surface area contributed by atoms with Crippen LogP contribution in [0.25, 0.3) is 10.9 Å². The minimum atomic E-state index is -0.626. The van der Waals surface area contributed by atoms with Gasteiger partial charge >= 0.3 is 5.97 Å². The molecule has 0 bridgehead atoms. The van der Waals surface area contributed by atoms with Gasteiger partial charge in [0.05, 0.1) is 7.11 Å². The minimum absolute atomic E-state index is 0.0206. The van der Waals surface area contributed by atoms with E-state index in [1.165, 1.54) is 7.11 Å². The third-order valence-corrected chi connectivity index (χ3v) is 3.46. The predicted molar refractivity (Wildman–Crippen MR) is 80.6 cm³/mol. The maximum Gasteiger partial charge on any atom is 0.322 e. The first kappa shape index (κ1) is 14.6. The standard InChI is InChI=1S/C16H22N2O2/c1-16(2,3)18-10-11(9-13(17)15(19)20-4)12-7-5-6-8-14(12)18/h5-8,10,13H,9,17H2,1-4H3/t13-/m0/s1. The highest BCUT2D eigenvalue weighted by Crippen LogP contribution is 2.28. The molecule has 0 aliphatic heterocycles. The Morgan fingerprint density at radius 2 is 2.00 bits per heavy atom. The van der Waals surface area contributed by atoms with Crippen molar-refractivity contribution in [3.05, 3.63) is 36.0 Å². The number of methoxy groups -OCH3 is 1. The van der Waals surface area contributed by atoms with Gasteiger partial charge in [-0.1, -0.05) is 18.2 Å². The zero-order valence-electron chi connectivity index (χ0n) is 12.5. The van der Waals surface area contributed by atoms with Crippen LogP contribution in [0.1, 0.15) is 26.3 Å². The number of aromatic nitrogens is 1. The smallest absolute Gasteiger partial charge is 0.322 e. The van der Waals surface area contributed by atoms with Gasteiger partial charge in [0.25, 0.3) is 0 Å². The third-order valence-electron chi connectivity index (χ3n) is 3.46. The number of fused-ring (bicyclic) bond motifs is 1. The fourth-order valence-corrected chi connectivity index (χ4v) is 2.44. The Kier molecular flexibility index (Phi) is 3.86. The summed E-state index contributed by atoms with van der Waals surface area (Å²) in [5, 5.41) is 1.14. The highest BCUT2D eigenvalue weighted by molar-refractivity contribution is 5.85.